The average molecular weight is 290 g/mol. The van der Waals surface area contributed by atoms with Gasteiger partial charge in [-0.25, -0.2) is 0 Å². The highest BCUT2D eigenvalue weighted by atomic mass is 32.1. The molecule has 0 radical (unpaired) electrons. The van der Waals surface area contributed by atoms with Gasteiger partial charge in [-0.3, -0.25) is 4.98 Å². The van der Waals surface area contributed by atoms with Crippen molar-refractivity contribution in [1.82, 2.24) is 10.3 Å². The molecule has 0 spiro atoms. The zero-order valence-corrected chi connectivity index (χ0v) is 13.2. The van der Waals surface area contributed by atoms with E-state index in [1.807, 2.05) is 12.3 Å². The number of methoxy groups -OCH3 is 1. The highest BCUT2D eigenvalue weighted by Crippen LogP contribution is 2.32. The normalized spacial score (nSPS) is 12.3. The Morgan fingerprint density at radius 2 is 2.15 bits per heavy atom. The van der Waals surface area contributed by atoms with Gasteiger partial charge >= 0.3 is 0 Å². The molecule has 108 valence electrons. The van der Waals surface area contributed by atoms with Crippen molar-refractivity contribution in [1.29, 1.82) is 0 Å². The van der Waals surface area contributed by atoms with Crippen molar-refractivity contribution >= 4 is 11.3 Å². The molecule has 1 atom stereocenters. The van der Waals surface area contributed by atoms with Crippen molar-refractivity contribution in [3.63, 3.8) is 0 Å². The van der Waals surface area contributed by atoms with E-state index >= 15 is 0 Å². The molecule has 0 aliphatic carbocycles. The topological polar surface area (TPSA) is 34.2 Å². The van der Waals surface area contributed by atoms with Gasteiger partial charge in [0.05, 0.1) is 18.0 Å². The standard InChI is InChI=1S/C16H22N2OS/c1-4-12-6-7-13(18-11-12)10-14(17-5-2)16-15(19-3)8-9-20-16/h6-9,11,14,17H,4-5,10H2,1-3H3. The number of hydrogen-bond donors (Lipinski definition) is 1. The van der Waals surface area contributed by atoms with Crippen LogP contribution in [0.2, 0.25) is 0 Å². The highest BCUT2D eigenvalue weighted by molar-refractivity contribution is 7.10. The molecule has 0 aromatic carbocycles. The molecular formula is C16H22N2OS. The maximum absolute atomic E-state index is 5.44. The third-order valence-corrected chi connectivity index (χ3v) is 4.36. The number of ether oxygens (including phenoxy) is 1. The van der Waals surface area contributed by atoms with Crippen LogP contribution in [0, 0.1) is 0 Å². The summed E-state index contributed by atoms with van der Waals surface area (Å²) in [4.78, 5) is 5.81. The Morgan fingerprint density at radius 1 is 1.30 bits per heavy atom. The van der Waals surface area contributed by atoms with Gasteiger partial charge in [0, 0.05) is 18.3 Å². The molecule has 0 aliphatic rings. The maximum atomic E-state index is 5.44. The Morgan fingerprint density at radius 3 is 2.75 bits per heavy atom. The second-order valence-electron chi connectivity index (χ2n) is 4.68. The van der Waals surface area contributed by atoms with Crippen LogP contribution in [0.4, 0.5) is 0 Å². The number of hydrogen-bond acceptors (Lipinski definition) is 4. The molecular weight excluding hydrogens is 268 g/mol. The minimum absolute atomic E-state index is 0.259. The SMILES string of the molecule is CCNC(Cc1ccc(CC)cn1)c1sccc1OC. The molecule has 2 aromatic heterocycles. The van der Waals surface area contributed by atoms with Crippen LogP contribution >= 0.6 is 11.3 Å². The first-order chi connectivity index (χ1) is 9.78. The zero-order valence-electron chi connectivity index (χ0n) is 12.3. The fourth-order valence-corrected chi connectivity index (χ4v) is 3.17. The van der Waals surface area contributed by atoms with Crippen LogP contribution in [0.3, 0.4) is 0 Å². The second kappa shape index (κ2) is 7.41. The molecule has 20 heavy (non-hydrogen) atoms. The van der Waals surface area contributed by atoms with E-state index < -0.39 is 0 Å². The van der Waals surface area contributed by atoms with Gasteiger partial charge in [0.25, 0.3) is 0 Å². The molecule has 2 rings (SSSR count). The summed E-state index contributed by atoms with van der Waals surface area (Å²) >= 11 is 1.73. The van der Waals surface area contributed by atoms with E-state index in [0.717, 1.165) is 30.8 Å². The van der Waals surface area contributed by atoms with Crippen molar-refractivity contribution in [2.45, 2.75) is 32.7 Å². The van der Waals surface area contributed by atoms with E-state index in [1.165, 1.54) is 10.4 Å². The van der Waals surface area contributed by atoms with Gasteiger partial charge in [0.2, 0.25) is 0 Å². The van der Waals surface area contributed by atoms with Crippen LogP contribution in [0.15, 0.2) is 29.8 Å². The number of nitrogens with one attached hydrogen (secondary N) is 1. The van der Waals surface area contributed by atoms with E-state index in [9.17, 15) is 0 Å². The van der Waals surface area contributed by atoms with Gasteiger partial charge < -0.3 is 10.1 Å². The molecule has 3 nitrogen and oxygen atoms in total. The highest BCUT2D eigenvalue weighted by Gasteiger charge is 2.17. The first-order valence-electron chi connectivity index (χ1n) is 7.07. The molecule has 1 N–H and O–H groups in total. The Bertz CT molecular complexity index is 522. The van der Waals surface area contributed by atoms with Crippen molar-refractivity contribution in [3.05, 3.63) is 45.9 Å². The van der Waals surface area contributed by atoms with Crippen LogP contribution in [0.5, 0.6) is 5.75 Å². The largest absolute Gasteiger partial charge is 0.496 e. The minimum atomic E-state index is 0.259. The summed E-state index contributed by atoms with van der Waals surface area (Å²) < 4.78 is 5.44. The fourth-order valence-electron chi connectivity index (χ4n) is 2.23. The molecule has 0 saturated carbocycles. The smallest absolute Gasteiger partial charge is 0.134 e. The summed E-state index contributed by atoms with van der Waals surface area (Å²) in [5.74, 6) is 0.964. The molecule has 0 bridgehead atoms. The van der Waals surface area contributed by atoms with Gasteiger partial charge in [-0.1, -0.05) is 19.9 Å². The van der Waals surface area contributed by atoms with E-state index in [0.29, 0.717) is 0 Å². The molecule has 0 fully saturated rings. The summed E-state index contributed by atoms with van der Waals surface area (Å²) in [6.07, 6.45) is 3.89. The fraction of sp³-hybridized carbons (Fsp3) is 0.438. The summed E-state index contributed by atoms with van der Waals surface area (Å²) in [7, 11) is 1.73. The minimum Gasteiger partial charge on any atom is -0.496 e. The number of nitrogens with zero attached hydrogens (tertiary/aromatic N) is 1. The van der Waals surface area contributed by atoms with Crippen molar-refractivity contribution in [2.75, 3.05) is 13.7 Å². The lowest BCUT2D eigenvalue weighted by molar-refractivity contribution is 0.403. The Balaban J connectivity index is 2.16. The number of aromatic nitrogens is 1. The van der Waals surface area contributed by atoms with Crippen molar-refractivity contribution in [2.24, 2.45) is 0 Å². The van der Waals surface area contributed by atoms with Gasteiger partial charge in [0.1, 0.15) is 5.75 Å². The lowest BCUT2D eigenvalue weighted by Crippen LogP contribution is -2.23. The predicted molar refractivity (Wildman–Crippen MR) is 84.6 cm³/mol. The van der Waals surface area contributed by atoms with Crippen LogP contribution in [-0.2, 0) is 12.8 Å². The lowest BCUT2D eigenvalue weighted by atomic mass is 10.1. The predicted octanol–water partition coefficient (Wildman–Crippen LogP) is 3.61. The number of rotatable bonds is 7. The lowest BCUT2D eigenvalue weighted by Gasteiger charge is -2.17. The third-order valence-electron chi connectivity index (χ3n) is 3.35. The summed E-state index contributed by atoms with van der Waals surface area (Å²) in [5, 5.41) is 5.60. The van der Waals surface area contributed by atoms with E-state index in [-0.39, 0.29) is 6.04 Å². The quantitative estimate of drug-likeness (QED) is 0.846. The zero-order chi connectivity index (χ0) is 14.4. The number of aryl methyl sites for hydroxylation is 1. The second-order valence-corrected chi connectivity index (χ2v) is 5.63. The molecule has 4 heteroatoms. The molecule has 0 amide bonds. The Labute approximate surface area is 125 Å². The van der Waals surface area contributed by atoms with E-state index in [1.54, 1.807) is 18.4 Å². The monoisotopic (exact) mass is 290 g/mol. The van der Waals surface area contributed by atoms with Crippen molar-refractivity contribution in [3.8, 4) is 5.75 Å². The van der Waals surface area contributed by atoms with Gasteiger partial charge in [-0.2, -0.15) is 0 Å². The molecule has 0 saturated heterocycles. The van der Waals surface area contributed by atoms with Gasteiger partial charge in [-0.15, -0.1) is 11.3 Å². The van der Waals surface area contributed by atoms with Crippen LogP contribution in [-0.4, -0.2) is 18.6 Å². The molecule has 0 aliphatic heterocycles. The third kappa shape index (κ3) is 3.58. The first-order valence-corrected chi connectivity index (χ1v) is 7.95. The molecule has 2 aromatic rings. The number of pyridine rings is 1. The Hall–Kier alpha value is -1.39. The van der Waals surface area contributed by atoms with E-state index in [4.69, 9.17) is 4.74 Å². The number of likely N-dealkylation sites (N-methyl/N-ethyl adjacent to an activating group) is 1. The number of thiophene rings is 1. The maximum Gasteiger partial charge on any atom is 0.134 e. The first kappa shape index (κ1) is 15.0. The Kier molecular flexibility index (Phi) is 5.56. The molecule has 2 heterocycles. The summed E-state index contributed by atoms with van der Waals surface area (Å²) in [6, 6.07) is 6.58. The average Bonchev–Trinajstić information content (AvgIpc) is 2.96. The van der Waals surface area contributed by atoms with Gasteiger partial charge in [-0.05, 0) is 36.0 Å². The van der Waals surface area contributed by atoms with Crippen LogP contribution in [0.25, 0.3) is 0 Å². The van der Waals surface area contributed by atoms with E-state index in [2.05, 4.69) is 41.7 Å². The summed E-state index contributed by atoms with van der Waals surface area (Å²) in [5.41, 5.74) is 2.39. The summed E-state index contributed by atoms with van der Waals surface area (Å²) in [6.45, 7) is 5.20. The van der Waals surface area contributed by atoms with Crippen LogP contribution in [0.1, 0.15) is 36.0 Å². The van der Waals surface area contributed by atoms with Crippen LogP contribution < -0.4 is 10.1 Å². The molecule has 1 unspecified atom stereocenters. The van der Waals surface area contributed by atoms with Gasteiger partial charge in [0.15, 0.2) is 0 Å². The van der Waals surface area contributed by atoms with Crippen molar-refractivity contribution < 1.29 is 4.74 Å².